The molecule has 2 aromatic heterocycles. The van der Waals surface area contributed by atoms with Crippen LogP contribution in [0.1, 0.15) is 62.4 Å². The summed E-state index contributed by atoms with van der Waals surface area (Å²) in [7, 11) is 1.84. The number of hydrogen-bond acceptors (Lipinski definition) is 5. The van der Waals surface area contributed by atoms with Crippen LogP contribution in [-0.2, 0) is 23.2 Å². The number of benzene rings is 1. The molecule has 202 valence electrons. The quantitative estimate of drug-likeness (QED) is 0.550. The van der Waals surface area contributed by atoms with Gasteiger partial charge in [-0.1, -0.05) is 44.2 Å². The SMILES string of the molecule is CC(C)C[C@H]1NC(=O)CCCN(C(=O)c2cccn2C)CCn2nc(-c3ccccc3)nc2[C@@H](C)NC1=O. The highest BCUT2D eigenvalue weighted by atomic mass is 16.2. The van der Waals surface area contributed by atoms with E-state index in [9.17, 15) is 14.4 Å². The molecule has 0 saturated heterocycles. The van der Waals surface area contributed by atoms with Gasteiger partial charge < -0.3 is 20.1 Å². The van der Waals surface area contributed by atoms with Crippen molar-refractivity contribution in [3.05, 3.63) is 60.2 Å². The van der Waals surface area contributed by atoms with E-state index in [1.165, 1.54) is 0 Å². The maximum Gasteiger partial charge on any atom is 0.270 e. The van der Waals surface area contributed by atoms with Gasteiger partial charge in [-0.25, -0.2) is 9.67 Å². The van der Waals surface area contributed by atoms with E-state index in [1.54, 1.807) is 20.2 Å². The zero-order valence-corrected chi connectivity index (χ0v) is 22.6. The molecule has 0 aliphatic carbocycles. The number of aromatic nitrogens is 4. The Hall–Kier alpha value is -3.95. The van der Waals surface area contributed by atoms with Gasteiger partial charge in [0.15, 0.2) is 5.82 Å². The molecule has 3 aromatic rings. The summed E-state index contributed by atoms with van der Waals surface area (Å²) in [6.45, 7) is 7.08. The molecule has 0 saturated carbocycles. The number of amides is 3. The molecule has 2 atom stereocenters. The Morgan fingerprint density at radius 3 is 2.50 bits per heavy atom. The van der Waals surface area contributed by atoms with Crippen LogP contribution >= 0.6 is 0 Å². The molecule has 0 unspecified atom stereocenters. The standard InChI is InChI=1S/C28H37N7O3/c1-19(2)18-22-27(37)29-20(3)26-31-25(21-10-6-5-7-11-21)32-35(26)17-16-34(15-9-13-24(36)30-22)28(38)23-12-8-14-33(23)4/h5-8,10-12,14,19-20,22H,9,13,15-18H2,1-4H3,(H,29,37)(H,30,36)/t20-,22-/m1/s1. The van der Waals surface area contributed by atoms with Crippen LogP contribution in [-0.4, -0.2) is 61.1 Å². The summed E-state index contributed by atoms with van der Waals surface area (Å²) < 4.78 is 3.57. The normalized spacial score (nSPS) is 19.4. The first-order chi connectivity index (χ1) is 18.2. The van der Waals surface area contributed by atoms with Gasteiger partial charge in [0.1, 0.15) is 17.6 Å². The average molecular weight is 520 g/mol. The van der Waals surface area contributed by atoms with E-state index < -0.39 is 12.1 Å². The molecule has 38 heavy (non-hydrogen) atoms. The molecule has 1 aromatic carbocycles. The third-order valence-electron chi connectivity index (χ3n) is 6.70. The molecule has 3 heterocycles. The Bertz CT molecular complexity index is 1260. The Balaban J connectivity index is 1.68. The smallest absolute Gasteiger partial charge is 0.270 e. The second-order valence-electron chi connectivity index (χ2n) is 10.3. The Morgan fingerprint density at radius 1 is 1.05 bits per heavy atom. The fraction of sp³-hybridized carbons (Fsp3) is 0.464. The maximum absolute atomic E-state index is 13.4. The van der Waals surface area contributed by atoms with Gasteiger partial charge in [-0.3, -0.25) is 14.4 Å². The second-order valence-corrected chi connectivity index (χ2v) is 10.3. The summed E-state index contributed by atoms with van der Waals surface area (Å²) >= 11 is 0. The monoisotopic (exact) mass is 519 g/mol. The third-order valence-corrected chi connectivity index (χ3v) is 6.70. The van der Waals surface area contributed by atoms with Gasteiger partial charge in [0.25, 0.3) is 5.91 Å². The molecule has 3 amide bonds. The summed E-state index contributed by atoms with van der Waals surface area (Å²) in [6.07, 6.45) is 3.06. The van der Waals surface area contributed by atoms with Crippen molar-refractivity contribution >= 4 is 17.7 Å². The van der Waals surface area contributed by atoms with Gasteiger partial charge in [-0.05, 0) is 37.8 Å². The summed E-state index contributed by atoms with van der Waals surface area (Å²) in [5.41, 5.74) is 1.45. The number of carbonyl (C=O) groups excluding carboxylic acids is 3. The average Bonchev–Trinajstić information content (AvgIpc) is 3.51. The van der Waals surface area contributed by atoms with Crippen LogP contribution in [0.15, 0.2) is 48.7 Å². The van der Waals surface area contributed by atoms with Crippen molar-refractivity contribution in [3.63, 3.8) is 0 Å². The minimum Gasteiger partial charge on any atom is -0.347 e. The number of aryl methyl sites for hydroxylation is 1. The van der Waals surface area contributed by atoms with Gasteiger partial charge in [0.05, 0.1) is 12.6 Å². The largest absolute Gasteiger partial charge is 0.347 e. The van der Waals surface area contributed by atoms with Crippen LogP contribution in [0.3, 0.4) is 0 Å². The number of nitrogens with zero attached hydrogens (tertiary/aromatic N) is 5. The van der Waals surface area contributed by atoms with E-state index >= 15 is 0 Å². The molecule has 1 aliphatic rings. The second kappa shape index (κ2) is 12.1. The highest BCUT2D eigenvalue weighted by molar-refractivity contribution is 5.93. The van der Waals surface area contributed by atoms with Crippen molar-refractivity contribution in [1.29, 1.82) is 0 Å². The van der Waals surface area contributed by atoms with Crippen LogP contribution in [0, 0.1) is 5.92 Å². The summed E-state index contributed by atoms with van der Waals surface area (Å²) in [5.74, 6) is 0.818. The molecule has 0 spiro atoms. The van der Waals surface area contributed by atoms with Gasteiger partial charge in [-0.15, -0.1) is 0 Å². The topological polar surface area (TPSA) is 114 Å². The van der Waals surface area contributed by atoms with Crippen LogP contribution in [0.4, 0.5) is 0 Å². The molecular weight excluding hydrogens is 482 g/mol. The third kappa shape index (κ3) is 6.48. The van der Waals surface area contributed by atoms with Gasteiger partial charge >= 0.3 is 0 Å². The van der Waals surface area contributed by atoms with E-state index in [2.05, 4.69) is 10.6 Å². The Labute approximate surface area is 223 Å². The zero-order valence-electron chi connectivity index (χ0n) is 22.6. The van der Waals surface area contributed by atoms with Gasteiger partial charge in [-0.2, -0.15) is 5.10 Å². The van der Waals surface area contributed by atoms with Crippen LogP contribution in [0.2, 0.25) is 0 Å². The predicted molar refractivity (Wildman–Crippen MR) is 144 cm³/mol. The first kappa shape index (κ1) is 27.1. The fourth-order valence-corrected chi connectivity index (χ4v) is 4.70. The van der Waals surface area contributed by atoms with Gasteiger partial charge in [0, 0.05) is 38.3 Å². The predicted octanol–water partition coefficient (Wildman–Crippen LogP) is 2.93. The van der Waals surface area contributed by atoms with Gasteiger partial charge in [0.2, 0.25) is 11.8 Å². The van der Waals surface area contributed by atoms with Crippen molar-refractivity contribution < 1.29 is 14.4 Å². The molecule has 4 rings (SSSR count). The van der Waals surface area contributed by atoms with Crippen molar-refractivity contribution in [2.24, 2.45) is 13.0 Å². The highest BCUT2D eigenvalue weighted by Gasteiger charge is 2.27. The van der Waals surface area contributed by atoms with E-state index in [4.69, 9.17) is 10.1 Å². The molecule has 0 fully saturated rings. The lowest BCUT2D eigenvalue weighted by Gasteiger charge is -2.26. The summed E-state index contributed by atoms with van der Waals surface area (Å²) in [6, 6.07) is 12.2. The lowest BCUT2D eigenvalue weighted by molar-refractivity contribution is -0.129. The molecule has 0 bridgehead atoms. The molecule has 10 nitrogen and oxygen atoms in total. The Morgan fingerprint density at radius 2 is 1.82 bits per heavy atom. The minimum atomic E-state index is -0.654. The molecule has 1 aliphatic heterocycles. The van der Waals surface area contributed by atoms with Crippen LogP contribution in [0.25, 0.3) is 11.4 Å². The fourth-order valence-electron chi connectivity index (χ4n) is 4.70. The van der Waals surface area contributed by atoms with E-state index in [0.717, 1.165) is 5.56 Å². The first-order valence-electron chi connectivity index (χ1n) is 13.2. The van der Waals surface area contributed by atoms with E-state index in [0.29, 0.717) is 49.8 Å². The van der Waals surface area contributed by atoms with Crippen LogP contribution < -0.4 is 10.6 Å². The number of hydrogen-bond donors (Lipinski definition) is 2. The number of fused-ring (bicyclic) bond motifs is 1. The molecule has 10 heteroatoms. The lowest BCUT2D eigenvalue weighted by atomic mass is 10.0. The van der Waals surface area contributed by atoms with Crippen LogP contribution in [0.5, 0.6) is 0 Å². The van der Waals surface area contributed by atoms with Crippen molar-refractivity contribution in [1.82, 2.24) is 34.9 Å². The molecular formula is C28H37N7O3. The zero-order chi connectivity index (χ0) is 27.2. The summed E-state index contributed by atoms with van der Waals surface area (Å²) in [4.78, 5) is 46.0. The van der Waals surface area contributed by atoms with Crippen molar-refractivity contribution in [3.8, 4) is 11.4 Å². The first-order valence-corrected chi connectivity index (χ1v) is 13.2. The molecule has 2 N–H and O–H groups in total. The number of carbonyl (C=O) groups is 3. The van der Waals surface area contributed by atoms with E-state index in [1.807, 2.05) is 70.4 Å². The van der Waals surface area contributed by atoms with E-state index in [-0.39, 0.29) is 30.1 Å². The number of rotatable bonds is 4. The summed E-state index contributed by atoms with van der Waals surface area (Å²) in [5, 5.41) is 10.7. The maximum atomic E-state index is 13.4. The minimum absolute atomic E-state index is 0.103. The van der Waals surface area contributed by atoms with Crippen molar-refractivity contribution in [2.45, 2.75) is 58.7 Å². The highest BCUT2D eigenvalue weighted by Crippen LogP contribution is 2.20. The number of nitrogens with one attached hydrogen (secondary N) is 2. The Kier molecular flexibility index (Phi) is 8.60. The molecule has 0 radical (unpaired) electrons. The lowest BCUT2D eigenvalue weighted by Crippen LogP contribution is -2.48. The van der Waals surface area contributed by atoms with Crippen molar-refractivity contribution in [2.75, 3.05) is 13.1 Å².